The number of fused-ring (bicyclic) bond motifs is 3. The third-order valence-electron chi connectivity index (χ3n) is 5.07. The van der Waals surface area contributed by atoms with Gasteiger partial charge in [0, 0.05) is 22.7 Å². The highest BCUT2D eigenvalue weighted by atomic mass is 16.3. The van der Waals surface area contributed by atoms with Gasteiger partial charge >= 0.3 is 0 Å². The Hall–Kier alpha value is -3.65. The van der Waals surface area contributed by atoms with Crippen LogP contribution in [0.1, 0.15) is 24.4 Å². The number of para-hydroxylation sites is 3. The standard InChI is InChI=1S/C20H17N6O2/c1-13-20-19(21-12-24(20)15-9-5-6-10-16(15)26(13)28)18-17(11-27)25(23-22-18)14-7-3-2-4-8-14/h2-10,12-13,27H,11H2,1H3/q+1. The van der Waals surface area contributed by atoms with Gasteiger partial charge in [-0.3, -0.25) is 4.57 Å². The second-order valence-corrected chi connectivity index (χ2v) is 6.63. The highest BCUT2D eigenvalue weighted by Crippen LogP contribution is 2.40. The molecule has 1 unspecified atom stereocenters. The van der Waals surface area contributed by atoms with Crippen LogP contribution >= 0.6 is 0 Å². The van der Waals surface area contributed by atoms with Crippen molar-refractivity contribution in [2.45, 2.75) is 19.6 Å². The fourth-order valence-electron chi connectivity index (χ4n) is 3.71. The molecular weight excluding hydrogens is 356 g/mol. The predicted molar refractivity (Wildman–Crippen MR) is 102 cm³/mol. The highest BCUT2D eigenvalue weighted by molar-refractivity contribution is 5.65. The highest BCUT2D eigenvalue weighted by Gasteiger charge is 2.40. The van der Waals surface area contributed by atoms with Gasteiger partial charge in [-0.2, -0.15) is 0 Å². The molecule has 1 atom stereocenters. The Morgan fingerprint density at radius 1 is 1.07 bits per heavy atom. The van der Waals surface area contributed by atoms with E-state index in [1.165, 1.54) is 0 Å². The Bertz CT molecular complexity index is 1190. The van der Waals surface area contributed by atoms with Gasteiger partial charge in [0.2, 0.25) is 6.04 Å². The summed E-state index contributed by atoms with van der Waals surface area (Å²) >= 11 is 0. The van der Waals surface area contributed by atoms with Gasteiger partial charge in [0.05, 0.1) is 18.0 Å². The van der Waals surface area contributed by atoms with Gasteiger partial charge in [-0.05, 0) is 18.2 Å². The van der Waals surface area contributed by atoms with E-state index in [0.29, 0.717) is 22.8 Å². The Balaban J connectivity index is 1.71. The fraction of sp³-hybridized carbons (Fsp3) is 0.150. The monoisotopic (exact) mass is 373 g/mol. The van der Waals surface area contributed by atoms with E-state index in [1.807, 2.05) is 60.0 Å². The van der Waals surface area contributed by atoms with Crippen LogP contribution in [0, 0.1) is 4.91 Å². The molecule has 0 saturated heterocycles. The molecule has 0 spiro atoms. The van der Waals surface area contributed by atoms with Crippen molar-refractivity contribution in [3.05, 3.63) is 77.2 Å². The van der Waals surface area contributed by atoms with Crippen LogP contribution in [-0.4, -0.2) is 34.4 Å². The van der Waals surface area contributed by atoms with Crippen LogP contribution < -0.4 is 0 Å². The SMILES string of the molecule is CC1c2c(-c3nnn(-c4ccccc4)c3CO)ncn2-c2ccccc2[N+]1=O. The van der Waals surface area contributed by atoms with E-state index in [9.17, 15) is 10.0 Å². The Morgan fingerprint density at radius 3 is 2.61 bits per heavy atom. The van der Waals surface area contributed by atoms with E-state index >= 15 is 0 Å². The minimum absolute atomic E-state index is 0.254. The van der Waals surface area contributed by atoms with Crippen molar-refractivity contribution in [2.24, 2.45) is 0 Å². The van der Waals surface area contributed by atoms with Crippen LogP contribution in [0.2, 0.25) is 0 Å². The van der Waals surface area contributed by atoms with Gasteiger partial charge in [-0.15, -0.1) is 5.10 Å². The van der Waals surface area contributed by atoms with Crippen LogP contribution in [0.4, 0.5) is 5.69 Å². The number of aliphatic hydroxyl groups excluding tert-OH is 1. The number of aromatic nitrogens is 5. The maximum Gasteiger partial charge on any atom is 0.280 e. The van der Waals surface area contributed by atoms with Gasteiger partial charge in [0.1, 0.15) is 29.1 Å². The maximum atomic E-state index is 12.8. The van der Waals surface area contributed by atoms with Gasteiger partial charge < -0.3 is 5.11 Å². The quantitative estimate of drug-likeness (QED) is 0.558. The Morgan fingerprint density at radius 2 is 1.82 bits per heavy atom. The normalized spacial score (nSPS) is 15.4. The summed E-state index contributed by atoms with van der Waals surface area (Å²) in [5.41, 5.74) is 4.43. The van der Waals surface area contributed by atoms with Crippen LogP contribution in [-0.2, 0) is 6.61 Å². The fourth-order valence-corrected chi connectivity index (χ4v) is 3.71. The minimum atomic E-state index is -0.458. The molecule has 1 aliphatic heterocycles. The first-order valence-electron chi connectivity index (χ1n) is 8.95. The van der Waals surface area contributed by atoms with Crippen LogP contribution in [0.15, 0.2) is 60.9 Å². The summed E-state index contributed by atoms with van der Waals surface area (Å²) in [5, 5.41) is 18.5. The van der Waals surface area contributed by atoms with E-state index < -0.39 is 6.04 Å². The number of aliphatic hydroxyl groups is 1. The van der Waals surface area contributed by atoms with Crippen molar-refractivity contribution in [1.29, 1.82) is 0 Å². The lowest BCUT2D eigenvalue weighted by Gasteiger charge is -2.17. The summed E-state index contributed by atoms with van der Waals surface area (Å²) in [4.78, 5) is 17.4. The second kappa shape index (κ2) is 6.21. The lowest BCUT2D eigenvalue weighted by atomic mass is 10.1. The zero-order valence-electron chi connectivity index (χ0n) is 15.1. The summed E-state index contributed by atoms with van der Waals surface area (Å²) < 4.78 is 4.49. The van der Waals surface area contributed by atoms with Crippen molar-refractivity contribution in [3.63, 3.8) is 0 Å². The molecule has 8 heteroatoms. The molecule has 0 amide bonds. The molecule has 1 N–H and O–H groups in total. The molecule has 0 fully saturated rings. The molecule has 0 radical (unpaired) electrons. The zero-order chi connectivity index (χ0) is 19.3. The Kier molecular flexibility index (Phi) is 3.66. The van der Waals surface area contributed by atoms with Crippen molar-refractivity contribution in [1.82, 2.24) is 24.5 Å². The smallest absolute Gasteiger partial charge is 0.280 e. The molecule has 5 rings (SSSR count). The van der Waals surface area contributed by atoms with E-state index in [4.69, 9.17) is 0 Å². The van der Waals surface area contributed by atoms with Gasteiger partial charge in [0.15, 0.2) is 0 Å². The van der Waals surface area contributed by atoms with E-state index in [0.717, 1.165) is 21.8 Å². The number of rotatable bonds is 3. The molecule has 0 bridgehead atoms. The third kappa shape index (κ3) is 2.25. The van der Waals surface area contributed by atoms with Gasteiger partial charge in [-0.25, -0.2) is 9.67 Å². The van der Waals surface area contributed by atoms with Crippen LogP contribution in [0.3, 0.4) is 0 Å². The number of benzene rings is 2. The molecule has 138 valence electrons. The van der Waals surface area contributed by atoms with Crippen molar-refractivity contribution < 1.29 is 9.87 Å². The van der Waals surface area contributed by atoms with Crippen LogP contribution in [0.5, 0.6) is 0 Å². The topological polar surface area (TPSA) is 88.8 Å². The van der Waals surface area contributed by atoms with Crippen molar-refractivity contribution in [2.75, 3.05) is 0 Å². The first-order valence-corrected chi connectivity index (χ1v) is 8.95. The summed E-state index contributed by atoms with van der Waals surface area (Å²) in [5.74, 6) is 0. The first-order chi connectivity index (χ1) is 13.7. The molecule has 0 aliphatic carbocycles. The molecule has 2 aromatic heterocycles. The zero-order valence-corrected chi connectivity index (χ0v) is 15.1. The lowest BCUT2D eigenvalue weighted by molar-refractivity contribution is -0.511. The number of nitroso groups, excluding NO2 is 1. The number of hydrogen-bond donors (Lipinski definition) is 1. The average molecular weight is 373 g/mol. The van der Waals surface area contributed by atoms with Crippen molar-refractivity contribution in [3.8, 4) is 22.8 Å². The predicted octanol–water partition coefficient (Wildman–Crippen LogP) is 3.10. The van der Waals surface area contributed by atoms with E-state index in [2.05, 4.69) is 15.3 Å². The van der Waals surface area contributed by atoms with E-state index in [1.54, 1.807) is 17.1 Å². The molecule has 2 aromatic carbocycles. The van der Waals surface area contributed by atoms with E-state index in [-0.39, 0.29) is 6.61 Å². The largest absolute Gasteiger partial charge is 0.390 e. The molecule has 0 saturated carbocycles. The van der Waals surface area contributed by atoms with Gasteiger partial charge in [-0.1, -0.05) is 35.5 Å². The van der Waals surface area contributed by atoms with Gasteiger partial charge in [0.25, 0.3) is 5.69 Å². The molecule has 1 aliphatic rings. The Labute approximate surface area is 160 Å². The van der Waals surface area contributed by atoms with Crippen LogP contribution in [0.25, 0.3) is 22.8 Å². The maximum absolute atomic E-state index is 12.8. The first kappa shape index (κ1) is 16.5. The lowest BCUT2D eigenvalue weighted by Crippen LogP contribution is -2.20. The third-order valence-corrected chi connectivity index (χ3v) is 5.07. The average Bonchev–Trinajstić information content (AvgIpc) is 3.36. The second-order valence-electron chi connectivity index (χ2n) is 6.63. The molecule has 4 aromatic rings. The number of nitrogens with zero attached hydrogens (tertiary/aromatic N) is 6. The summed E-state index contributed by atoms with van der Waals surface area (Å²) in [7, 11) is 0. The molecule has 8 nitrogen and oxygen atoms in total. The minimum Gasteiger partial charge on any atom is -0.390 e. The summed E-state index contributed by atoms with van der Waals surface area (Å²) in [6, 6.07) is 16.4. The molecule has 3 heterocycles. The summed E-state index contributed by atoms with van der Waals surface area (Å²) in [6.07, 6.45) is 1.69. The molecular formula is C20H17N6O2+. The summed E-state index contributed by atoms with van der Waals surface area (Å²) in [6.45, 7) is 1.58. The number of hydrogen-bond acceptors (Lipinski definition) is 5. The number of imidazole rings is 1. The van der Waals surface area contributed by atoms with Crippen molar-refractivity contribution >= 4 is 5.69 Å². The molecule has 28 heavy (non-hydrogen) atoms.